The fourth-order valence-corrected chi connectivity index (χ4v) is 4.37. The van der Waals surface area contributed by atoms with Gasteiger partial charge in [-0.2, -0.15) is 0 Å². The van der Waals surface area contributed by atoms with Crippen LogP contribution in [0.2, 0.25) is 0 Å². The van der Waals surface area contributed by atoms with Crippen molar-refractivity contribution in [1.82, 2.24) is 16.0 Å². The van der Waals surface area contributed by atoms with Crippen molar-refractivity contribution < 1.29 is 43.0 Å². The largest absolute Gasteiger partial charge is 0.461 e. The molecule has 0 aliphatic carbocycles. The number of alkyl carbamates (subject to hydrolysis) is 1. The molecule has 0 heterocycles. The van der Waals surface area contributed by atoms with Crippen molar-refractivity contribution >= 4 is 35.8 Å². The van der Waals surface area contributed by atoms with E-state index in [1.54, 1.807) is 76.2 Å². The van der Waals surface area contributed by atoms with Crippen molar-refractivity contribution in [1.29, 1.82) is 0 Å². The van der Waals surface area contributed by atoms with Gasteiger partial charge in [-0.1, -0.05) is 80.9 Å². The Balaban J connectivity index is 2.14. The SMILES string of the molecule is CC[C@H](C)[C@H](NC(=O)OC(C)(C)C)C(=O)N[C@@H](CCC(=O)OCc1ccccc1)C(=O)N[C@@H](CCC(=O)OCc1ccccc1)C(N)=O. The molecule has 262 valence electrons. The van der Waals surface area contributed by atoms with Crippen LogP contribution in [0, 0.1) is 5.92 Å². The van der Waals surface area contributed by atoms with E-state index in [0.717, 1.165) is 11.1 Å². The molecule has 0 aromatic heterocycles. The highest BCUT2D eigenvalue weighted by molar-refractivity contribution is 5.94. The van der Waals surface area contributed by atoms with Crippen LogP contribution in [-0.2, 0) is 51.4 Å². The zero-order valence-corrected chi connectivity index (χ0v) is 28.3. The van der Waals surface area contributed by atoms with Crippen LogP contribution in [-0.4, -0.2) is 59.5 Å². The van der Waals surface area contributed by atoms with Crippen LogP contribution in [0.4, 0.5) is 4.79 Å². The quantitative estimate of drug-likeness (QED) is 0.136. The van der Waals surface area contributed by atoms with Gasteiger partial charge in [0.1, 0.15) is 36.9 Å². The molecule has 0 unspecified atom stereocenters. The van der Waals surface area contributed by atoms with E-state index in [9.17, 15) is 28.8 Å². The molecule has 13 nitrogen and oxygen atoms in total. The fourth-order valence-electron chi connectivity index (χ4n) is 4.37. The highest BCUT2D eigenvalue weighted by atomic mass is 16.6. The molecule has 13 heteroatoms. The first kappa shape index (κ1) is 39.2. The maximum Gasteiger partial charge on any atom is 0.408 e. The van der Waals surface area contributed by atoms with Gasteiger partial charge in [0.25, 0.3) is 0 Å². The Morgan fingerprint density at radius 2 is 1.17 bits per heavy atom. The molecule has 0 radical (unpaired) electrons. The average molecular weight is 669 g/mol. The second-order valence-electron chi connectivity index (χ2n) is 12.4. The number of rotatable bonds is 18. The molecule has 48 heavy (non-hydrogen) atoms. The first-order valence-electron chi connectivity index (χ1n) is 16.0. The summed E-state index contributed by atoms with van der Waals surface area (Å²) in [6.45, 7) is 8.68. The lowest BCUT2D eigenvalue weighted by molar-refractivity contribution is -0.146. The number of ether oxygens (including phenoxy) is 3. The smallest absolute Gasteiger partial charge is 0.408 e. The molecular weight excluding hydrogens is 620 g/mol. The van der Waals surface area contributed by atoms with Crippen LogP contribution in [0.5, 0.6) is 0 Å². The van der Waals surface area contributed by atoms with Gasteiger partial charge in [0.05, 0.1) is 0 Å². The minimum Gasteiger partial charge on any atom is -0.461 e. The normalized spacial score (nSPS) is 13.5. The third-order valence-electron chi connectivity index (χ3n) is 7.22. The Kier molecular flexibility index (Phi) is 16.1. The summed E-state index contributed by atoms with van der Waals surface area (Å²) in [4.78, 5) is 76.8. The predicted octanol–water partition coefficient (Wildman–Crippen LogP) is 3.43. The van der Waals surface area contributed by atoms with Gasteiger partial charge >= 0.3 is 18.0 Å². The highest BCUT2D eigenvalue weighted by Gasteiger charge is 2.33. The Morgan fingerprint density at radius 1 is 0.708 bits per heavy atom. The number of amides is 4. The molecule has 4 atom stereocenters. The van der Waals surface area contributed by atoms with Crippen LogP contribution in [0.25, 0.3) is 0 Å². The van der Waals surface area contributed by atoms with E-state index in [-0.39, 0.29) is 44.8 Å². The molecule has 0 fully saturated rings. The van der Waals surface area contributed by atoms with Gasteiger partial charge in [-0.25, -0.2) is 4.79 Å². The van der Waals surface area contributed by atoms with Crippen molar-refractivity contribution in [2.24, 2.45) is 11.7 Å². The van der Waals surface area contributed by atoms with Gasteiger partial charge in [0.15, 0.2) is 0 Å². The average Bonchev–Trinajstić information content (AvgIpc) is 3.04. The van der Waals surface area contributed by atoms with E-state index in [2.05, 4.69) is 16.0 Å². The van der Waals surface area contributed by atoms with E-state index in [1.165, 1.54) is 0 Å². The summed E-state index contributed by atoms with van der Waals surface area (Å²) in [6, 6.07) is 14.3. The third kappa shape index (κ3) is 15.1. The van der Waals surface area contributed by atoms with Crippen LogP contribution in [0.1, 0.15) is 77.8 Å². The maximum atomic E-state index is 13.5. The van der Waals surface area contributed by atoms with Gasteiger partial charge < -0.3 is 35.9 Å². The Hall–Kier alpha value is -4.94. The molecule has 5 N–H and O–H groups in total. The summed E-state index contributed by atoms with van der Waals surface area (Å²) in [5.74, 6) is -4.01. The number of nitrogens with two attached hydrogens (primary N) is 1. The highest BCUT2D eigenvalue weighted by Crippen LogP contribution is 2.13. The Bertz CT molecular complexity index is 1360. The molecule has 0 bridgehead atoms. The van der Waals surface area contributed by atoms with Crippen molar-refractivity contribution in [2.75, 3.05) is 0 Å². The number of primary amides is 1. The lowest BCUT2D eigenvalue weighted by Gasteiger charge is -2.28. The summed E-state index contributed by atoms with van der Waals surface area (Å²) >= 11 is 0. The summed E-state index contributed by atoms with van der Waals surface area (Å²) in [5.41, 5.74) is 6.27. The fraction of sp³-hybridized carbons (Fsp3) is 0.486. The molecular formula is C35H48N4O9. The zero-order valence-electron chi connectivity index (χ0n) is 28.3. The molecule has 0 aliphatic rings. The first-order chi connectivity index (χ1) is 22.7. The van der Waals surface area contributed by atoms with Gasteiger partial charge in [-0.3, -0.25) is 24.0 Å². The van der Waals surface area contributed by atoms with Crippen molar-refractivity contribution in [3.8, 4) is 0 Å². The monoisotopic (exact) mass is 668 g/mol. The summed E-state index contributed by atoms with van der Waals surface area (Å²) in [5, 5.41) is 7.66. The molecule has 0 spiro atoms. The third-order valence-corrected chi connectivity index (χ3v) is 7.22. The molecule has 2 rings (SSSR count). The minimum absolute atomic E-state index is 0.0168. The number of carbonyl (C=O) groups excluding carboxylic acids is 6. The van der Waals surface area contributed by atoms with Crippen LogP contribution >= 0.6 is 0 Å². The van der Waals surface area contributed by atoms with Crippen molar-refractivity contribution in [3.05, 3.63) is 71.8 Å². The lowest BCUT2D eigenvalue weighted by Crippen LogP contribution is -2.58. The van der Waals surface area contributed by atoms with E-state index in [0.29, 0.717) is 6.42 Å². The number of hydrogen-bond acceptors (Lipinski definition) is 9. The van der Waals surface area contributed by atoms with E-state index in [1.807, 2.05) is 19.1 Å². The van der Waals surface area contributed by atoms with Crippen LogP contribution < -0.4 is 21.7 Å². The Morgan fingerprint density at radius 3 is 1.60 bits per heavy atom. The minimum atomic E-state index is -1.33. The number of esters is 2. The molecule has 2 aromatic rings. The van der Waals surface area contributed by atoms with Crippen LogP contribution in [0.3, 0.4) is 0 Å². The molecule has 2 aromatic carbocycles. The van der Waals surface area contributed by atoms with Gasteiger partial charge in [-0.15, -0.1) is 0 Å². The molecule has 0 aliphatic heterocycles. The van der Waals surface area contributed by atoms with Crippen molar-refractivity contribution in [2.45, 2.75) is 104 Å². The number of carbonyl (C=O) groups is 6. The van der Waals surface area contributed by atoms with Crippen molar-refractivity contribution in [3.63, 3.8) is 0 Å². The Labute approximate surface area is 281 Å². The number of hydrogen-bond donors (Lipinski definition) is 4. The maximum absolute atomic E-state index is 13.5. The molecule has 4 amide bonds. The van der Waals surface area contributed by atoms with E-state index in [4.69, 9.17) is 19.9 Å². The standard InChI is InChI=1S/C35H48N4O9/c1-6-23(2)30(39-34(45)48-35(3,4)5)33(44)38-27(18-20-29(41)47-22-25-15-11-8-12-16-25)32(43)37-26(31(36)42)17-19-28(40)46-21-24-13-9-7-10-14-24/h7-16,23,26-27,30H,6,17-22H2,1-5H3,(H2,36,42)(H,37,43)(H,38,44)(H,39,45)/t23-,26-,27-,30-/m0/s1. The summed E-state index contributed by atoms with van der Waals surface area (Å²) in [7, 11) is 0. The summed E-state index contributed by atoms with van der Waals surface area (Å²) in [6.07, 6.45) is -1.16. The van der Waals surface area contributed by atoms with Gasteiger partial charge in [0.2, 0.25) is 17.7 Å². The van der Waals surface area contributed by atoms with E-state index < -0.39 is 59.5 Å². The molecule has 0 saturated heterocycles. The lowest BCUT2D eigenvalue weighted by atomic mass is 9.97. The summed E-state index contributed by atoms with van der Waals surface area (Å²) < 4.78 is 15.9. The topological polar surface area (TPSA) is 192 Å². The van der Waals surface area contributed by atoms with Gasteiger partial charge in [-0.05, 0) is 50.7 Å². The first-order valence-corrected chi connectivity index (χ1v) is 16.0. The zero-order chi connectivity index (χ0) is 35.7. The van der Waals surface area contributed by atoms with Gasteiger partial charge in [0, 0.05) is 12.8 Å². The number of nitrogens with one attached hydrogen (secondary N) is 3. The van der Waals surface area contributed by atoms with E-state index >= 15 is 0 Å². The van der Waals surface area contributed by atoms with Crippen LogP contribution in [0.15, 0.2) is 60.7 Å². The number of benzene rings is 2. The second-order valence-corrected chi connectivity index (χ2v) is 12.4. The molecule has 0 saturated carbocycles. The predicted molar refractivity (Wildman–Crippen MR) is 177 cm³/mol. The second kappa shape index (κ2) is 19.7.